The Hall–Kier alpha value is -2.19. The van der Waals surface area contributed by atoms with Crippen LogP contribution in [0.4, 0.5) is 0 Å². The second-order valence-corrected chi connectivity index (χ2v) is 5.13. The first-order valence-corrected chi connectivity index (χ1v) is 6.95. The average Bonchev–Trinajstić information content (AvgIpc) is 2.48. The second kappa shape index (κ2) is 5.85. The van der Waals surface area contributed by atoms with Gasteiger partial charge in [-0.2, -0.15) is 0 Å². The van der Waals surface area contributed by atoms with Crippen molar-refractivity contribution in [2.24, 2.45) is 5.73 Å². The first-order chi connectivity index (χ1) is 9.83. The number of benzene rings is 2. The van der Waals surface area contributed by atoms with Gasteiger partial charge in [-0.25, -0.2) is 0 Å². The Morgan fingerprint density at radius 2 is 1.65 bits per heavy atom. The molecule has 2 aromatic carbocycles. The van der Waals surface area contributed by atoms with E-state index in [0.717, 1.165) is 18.5 Å². The van der Waals surface area contributed by atoms with Crippen molar-refractivity contribution in [3.63, 3.8) is 0 Å². The van der Waals surface area contributed by atoms with Gasteiger partial charge in [0.25, 0.3) is 0 Å². The molecule has 0 saturated heterocycles. The number of aromatic nitrogens is 1. The molecule has 1 atom stereocenters. The van der Waals surface area contributed by atoms with E-state index in [1.54, 1.807) is 0 Å². The third kappa shape index (κ3) is 2.86. The molecule has 0 spiro atoms. The highest BCUT2D eigenvalue weighted by atomic mass is 14.7. The van der Waals surface area contributed by atoms with Gasteiger partial charge in [0, 0.05) is 24.4 Å². The quantitative estimate of drug-likeness (QED) is 0.783. The maximum atomic E-state index is 6.29. The molecule has 1 heterocycles. The largest absolute Gasteiger partial charge is 0.327 e. The van der Waals surface area contributed by atoms with Gasteiger partial charge >= 0.3 is 0 Å². The van der Waals surface area contributed by atoms with E-state index < -0.39 is 0 Å². The summed E-state index contributed by atoms with van der Waals surface area (Å²) in [5.74, 6) is 0. The summed E-state index contributed by atoms with van der Waals surface area (Å²) in [5.41, 5.74) is 8.66. The maximum absolute atomic E-state index is 6.29. The van der Waals surface area contributed by atoms with E-state index in [2.05, 4.69) is 47.4 Å². The number of rotatable bonds is 4. The molecular formula is C18H18N2. The van der Waals surface area contributed by atoms with Crippen LogP contribution in [0.2, 0.25) is 0 Å². The number of nitrogens with zero attached hydrogens (tertiary/aromatic N) is 1. The zero-order valence-electron chi connectivity index (χ0n) is 11.4. The van der Waals surface area contributed by atoms with Gasteiger partial charge in [0.15, 0.2) is 0 Å². The van der Waals surface area contributed by atoms with E-state index in [4.69, 9.17) is 5.73 Å². The number of fused-ring (bicyclic) bond motifs is 1. The van der Waals surface area contributed by atoms with Crippen LogP contribution in [0.3, 0.4) is 0 Å². The van der Waals surface area contributed by atoms with Crippen LogP contribution in [0.5, 0.6) is 0 Å². The van der Waals surface area contributed by atoms with E-state index >= 15 is 0 Å². The normalized spacial score (nSPS) is 12.4. The van der Waals surface area contributed by atoms with Gasteiger partial charge in [-0.15, -0.1) is 0 Å². The molecule has 0 amide bonds. The molecule has 2 N–H and O–H groups in total. The highest BCUT2D eigenvalue weighted by Gasteiger charge is 2.08. The van der Waals surface area contributed by atoms with E-state index in [9.17, 15) is 0 Å². The lowest BCUT2D eigenvalue weighted by Crippen LogP contribution is -2.26. The summed E-state index contributed by atoms with van der Waals surface area (Å²) < 4.78 is 0. The number of hydrogen-bond acceptors (Lipinski definition) is 2. The Labute approximate surface area is 119 Å². The molecule has 0 aliphatic rings. The van der Waals surface area contributed by atoms with E-state index in [-0.39, 0.29) is 6.04 Å². The second-order valence-electron chi connectivity index (χ2n) is 5.13. The molecule has 0 radical (unpaired) electrons. The van der Waals surface area contributed by atoms with Crippen LogP contribution in [0.1, 0.15) is 11.3 Å². The minimum atomic E-state index is 0.0932. The number of nitrogens with two attached hydrogens (primary N) is 1. The van der Waals surface area contributed by atoms with Gasteiger partial charge in [0.1, 0.15) is 0 Å². The summed E-state index contributed by atoms with van der Waals surface area (Å²) in [5, 5.41) is 2.57. The predicted molar refractivity (Wildman–Crippen MR) is 83.6 cm³/mol. The summed E-state index contributed by atoms with van der Waals surface area (Å²) in [6.07, 6.45) is 3.50. The minimum Gasteiger partial charge on any atom is -0.327 e. The lowest BCUT2D eigenvalue weighted by molar-refractivity contribution is 0.656. The maximum Gasteiger partial charge on any atom is 0.0419 e. The fourth-order valence-electron chi connectivity index (χ4n) is 2.61. The van der Waals surface area contributed by atoms with Crippen molar-refractivity contribution in [2.45, 2.75) is 18.9 Å². The van der Waals surface area contributed by atoms with Crippen LogP contribution >= 0.6 is 0 Å². The van der Waals surface area contributed by atoms with Crippen molar-refractivity contribution >= 4 is 10.8 Å². The lowest BCUT2D eigenvalue weighted by Gasteiger charge is -2.13. The van der Waals surface area contributed by atoms with Crippen LogP contribution in [0.25, 0.3) is 10.8 Å². The Kier molecular flexibility index (Phi) is 3.75. The fourth-order valence-corrected chi connectivity index (χ4v) is 2.61. The molecule has 3 aromatic rings. The first kappa shape index (κ1) is 12.8. The third-order valence-electron chi connectivity index (χ3n) is 3.56. The van der Waals surface area contributed by atoms with Crippen molar-refractivity contribution < 1.29 is 0 Å². The molecule has 0 saturated carbocycles. The van der Waals surface area contributed by atoms with Gasteiger partial charge in [-0.05, 0) is 34.9 Å². The molecule has 2 heteroatoms. The molecule has 0 bridgehead atoms. The van der Waals surface area contributed by atoms with Gasteiger partial charge in [-0.1, -0.05) is 48.5 Å². The van der Waals surface area contributed by atoms with Gasteiger partial charge in [-0.3, -0.25) is 4.98 Å². The van der Waals surface area contributed by atoms with Gasteiger partial charge in [0.05, 0.1) is 0 Å². The standard InChI is InChI=1S/C18H18N2/c19-16(13-17-9-3-4-11-20-17)12-15-8-5-7-14-6-1-2-10-18(14)15/h1-11,16H,12-13,19H2. The van der Waals surface area contributed by atoms with E-state index in [1.165, 1.54) is 16.3 Å². The topological polar surface area (TPSA) is 38.9 Å². The van der Waals surface area contributed by atoms with E-state index in [1.807, 2.05) is 24.4 Å². The Morgan fingerprint density at radius 3 is 2.50 bits per heavy atom. The third-order valence-corrected chi connectivity index (χ3v) is 3.56. The summed E-state index contributed by atoms with van der Waals surface area (Å²) in [6, 6.07) is 20.9. The molecule has 0 aliphatic heterocycles. The van der Waals surface area contributed by atoms with Crippen molar-refractivity contribution in [2.75, 3.05) is 0 Å². The Balaban J connectivity index is 1.79. The van der Waals surface area contributed by atoms with Crippen LogP contribution in [0.15, 0.2) is 66.9 Å². The van der Waals surface area contributed by atoms with Gasteiger partial charge < -0.3 is 5.73 Å². The summed E-state index contributed by atoms with van der Waals surface area (Å²) in [6.45, 7) is 0. The molecule has 20 heavy (non-hydrogen) atoms. The Morgan fingerprint density at radius 1 is 0.850 bits per heavy atom. The van der Waals surface area contributed by atoms with Crippen molar-refractivity contribution in [3.8, 4) is 0 Å². The molecule has 0 fully saturated rings. The minimum absolute atomic E-state index is 0.0932. The molecule has 1 aromatic heterocycles. The van der Waals surface area contributed by atoms with Crippen LogP contribution in [0, 0.1) is 0 Å². The molecule has 3 rings (SSSR count). The lowest BCUT2D eigenvalue weighted by atomic mass is 9.97. The molecule has 1 unspecified atom stereocenters. The zero-order chi connectivity index (χ0) is 13.8. The smallest absolute Gasteiger partial charge is 0.0419 e. The first-order valence-electron chi connectivity index (χ1n) is 6.95. The molecule has 2 nitrogen and oxygen atoms in total. The zero-order valence-corrected chi connectivity index (χ0v) is 11.4. The monoisotopic (exact) mass is 262 g/mol. The fraction of sp³-hybridized carbons (Fsp3) is 0.167. The van der Waals surface area contributed by atoms with Crippen LogP contribution in [-0.2, 0) is 12.8 Å². The summed E-state index contributed by atoms with van der Waals surface area (Å²) in [7, 11) is 0. The van der Waals surface area contributed by atoms with Crippen molar-refractivity contribution in [3.05, 3.63) is 78.1 Å². The molecule has 100 valence electrons. The van der Waals surface area contributed by atoms with Crippen molar-refractivity contribution in [1.82, 2.24) is 4.98 Å². The predicted octanol–water partition coefficient (Wildman–Crippen LogP) is 3.35. The highest BCUT2D eigenvalue weighted by Crippen LogP contribution is 2.20. The Bertz CT molecular complexity index is 687. The SMILES string of the molecule is NC(Cc1ccccn1)Cc1cccc2ccccc12. The van der Waals surface area contributed by atoms with E-state index in [0.29, 0.717) is 0 Å². The number of hydrogen-bond donors (Lipinski definition) is 1. The highest BCUT2D eigenvalue weighted by molar-refractivity contribution is 5.85. The molecular weight excluding hydrogens is 244 g/mol. The van der Waals surface area contributed by atoms with Crippen LogP contribution in [-0.4, -0.2) is 11.0 Å². The summed E-state index contributed by atoms with van der Waals surface area (Å²) in [4.78, 5) is 4.34. The molecule has 0 aliphatic carbocycles. The van der Waals surface area contributed by atoms with Crippen LogP contribution < -0.4 is 5.73 Å². The number of pyridine rings is 1. The average molecular weight is 262 g/mol. The van der Waals surface area contributed by atoms with Gasteiger partial charge in [0.2, 0.25) is 0 Å². The van der Waals surface area contributed by atoms with Crippen molar-refractivity contribution in [1.29, 1.82) is 0 Å². The summed E-state index contributed by atoms with van der Waals surface area (Å²) >= 11 is 0.